The van der Waals surface area contributed by atoms with Crippen molar-refractivity contribution in [1.82, 2.24) is 20.4 Å². The van der Waals surface area contributed by atoms with Crippen LogP contribution in [0.25, 0.3) is 0 Å². The largest absolute Gasteiger partial charge is 0.465 e. The predicted molar refractivity (Wildman–Crippen MR) is 129 cm³/mol. The first-order valence-electron chi connectivity index (χ1n) is 11.8. The van der Waals surface area contributed by atoms with Crippen LogP contribution in [-0.2, 0) is 9.59 Å². The molecule has 3 aliphatic rings. The summed E-state index contributed by atoms with van der Waals surface area (Å²) in [6, 6.07) is 0. The molecule has 1 saturated heterocycles. The predicted octanol–water partition coefficient (Wildman–Crippen LogP) is 3.94. The van der Waals surface area contributed by atoms with Crippen LogP contribution in [0.4, 0.5) is 15.4 Å². The van der Waals surface area contributed by atoms with Gasteiger partial charge in [-0.2, -0.15) is 0 Å². The molecule has 0 aromatic carbocycles. The number of aromatic nitrogens is 4. The van der Waals surface area contributed by atoms with Gasteiger partial charge in [0, 0.05) is 38.8 Å². The molecule has 2 aromatic rings. The molecule has 5 rings (SSSR count). The molecule has 2 saturated carbocycles. The Morgan fingerprint density at radius 2 is 1.39 bits per heavy atom. The third-order valence-corrected chi connectivity index (χ3v) is 7.26. The minimum absolute atomic E-state index is 0.00124. The summed E-state index contributed by atoms with van der Waals surface area (Å²) in [6.07, 6.45) is 7.43. The molecule has 3 fully saturated rings. The maximum absolute atomic E-state index is 11.9. The maximum Gasteiger partial charge on any atom is 0.296 e. The molecule has 33 heavy (non-hydrogen) atoms. The normalized spacial score (nSPS) is 18.3. The SMILES string of the molecule is CC.O=C(CC1CC1)Nc1nnc(OC2CCN(c3nnc(NC(=O)CC4CC4)s3)CC2)s1. The number of rotatable bonds is 9. The van der Waals surface area contributed by atoms with Crippen LogP contribution in [0.15, 0.2) is 0 Å². The van der Waals surface area contributed by atoms with Crippen molar-refractivity contribution in [2.24, 2.45) is 11.8 Å². The Hall–Kier alpha value is -2.34. The molecule has 2 N–H and O–H groups in total. The van der Waals surface area contributed by atoms with E-state index in [1.165, 1.54) is 22.7 Å². The van der Waals surface area contributed by atoms with Gasteiger partial charge in [0.05, 0.1) is 0 Å². The lowest BCUT2D eigenvalue weighted by Gasteiger charge is -2.30. The molecule has 12 heteroatoms. The molecule has 10 nitrogen and oxygen atoms in total. The van der Waals surface area contributed by atoms with Crippen LogP contribution in [-0.4, -0.2) is 51.4 Å². The highest BCUT2D eigenvalue weighted by molar-refractivity contribution is 7.19. The Balaban J connectivity index is 0.00000126. The van der Waals surface area contributed by atoms with Crippen molar-refractivity contribution in [2.75, 3.05) is 28.6 Å². The first-order chi connectivity index (χ1) is 16.1. The molecular weight excluding hydrogens is 462 g/mol. The number of piperidine rings is 1. The van der Waals surface area contributed by atoms with Gasteiger partial charge in [0.15, 0.2) is 0 Å². The monoisotopic (exact) mass is 493 g/mol. The first kappa shape index (κ1) is 23.8. The second-order valence-corrected chi connectivity index (χ2v) is 10.4. The van der Waals surface area contributed by atoms with E-state index in [2.05, 4.69) is 35.9 Å². The molecule has 0 bridgehead atoms. The molecule has 0 unspecified atom stereocenters. The fourth-order valence-corrected chi connectivity index (χ4v) is 5.01. The number of anilines is 3. The van der Waals surface area contributed by atoms with Crippen LogP contribution in [0, 0.1) is 11.8 Å². The fourth-order valence-electron chi connectivity index (χ4n) is 3.52. The van der Waals surface area contributed by atoms with E-state index >= 15 is 0 Å². The van der Waals surface area contributed by atoms with Gasteiger partial charge in [0.2, 0.25) is 27.2 Å². The van der Waals surface area contributed by atoms with E-state index in [1.54, 1.807) is 0 Å². The number of carbonyl (C=O) groups is 2. The quantitative estimate of drug-likeness (QED) is 0.539. The number of carbonyl (C=O) groups excluding carboxylic acids is 2. The molecule has 1 aliphatic heterocycles. The summed E-state index contributed by atoms with van der Waals surface area (Å²) in [7, 11) is 0. The standard InChI is InChI=1S/C19H25N7O3S2.C2H6/c27-14(9-11-1-2-11)20-16-22-24-18(30-16)26-7-5-13(6-8-26)29-19-25-23-17(31-19)21-15(28)10-12-3-4-12;1-2/h11-13H,1-10H2,(H,20,22,27)(H,21,23,28);1-2H3. The van der Waals surface area contributed by atoms with Gasteiger partial charge < -0.3 is 20.3 Å². The van der Waals surface area contributed by atoms with Crippen molar-refractivity contribution in [3.05, 3.63) is 0 Å². The Morgan fingerprint density at radius 3 is 1.97 bits per heavy atom. The number of ether oxygens (including phenoxy) is 1. The van der Waals surface area contributed by atoms with E-state index in [4.69, 9.17) is 4.74 Å². The lowest BCUT2D eigenvalue weighted by Crippen LogP contribution is -2.38. The average Bonchev–Trinajstić information content (AvgIpc) is 3.71. The fraction of sp³-hybridized carbons (Fsp3) is 0.714. The van der Waals surface area contributed by atoms with Crippen LogP contribution < -0.4 is 20.3 Å². The van der Waals surface area contributed by atoms with Gasteiger partial charge in [0.25, 0.3) is 5.19 Å². The lowest BCUT2D eigenvalue weighted by atomic mass is 10.1. The van der Waals surface area contributed by atoms with E-state index in [-0.39, 0.29) is 17.9 Å². The number of hydrogen-bond acceptors (Lipinski definition) is 10. The van der Waals surface area contributed by atoms with Gasteiger partial charge in [-0.3, -0.25) is 9.59 Å². The smallest absolute Gasteiger partial charge is 0.296 e. The average molecular weight is 494 g/mol. The van der Waals surface area contributed by atoms with Gasteiger partial charge >= 0.3 is 0 Å². The maximum atomic E-state index is 11.9. The van der Waals surface area contributed by atoms with E-state index in [0.29, 0.717) is 40.1 Å². The third kappa shape index (κ3) is 7.32. The molecule has 2 aromatic heterocycles. The molecule has 180 valence electrons. The van der Waals surface area contributed by atoms with Crippen LogP contribution in [0.3, 0.4) is 0 Å². The molecule has 0 spiro atoms. The molecule has 2 aliphatic carbocycles. The summed E-state index contributed by atoms with van der Waals surface area (Å²) in [4.78, 5) is 26.0. The summed E-state index contributed by atoms with van der Waals surface area (Å²) >= 11 is 2.67. The van der Waals surface area contributed by atoms with Crippen LogP contribution in [0.1, 0.15) is 65.2 Å². The Kier molecular flexibility index (Phi) is 8.07. The van der Waals surface area contributed by atoms with Crippen molar-refractivity contribution in [3.8, 4) is 5.19 Å². The summed E-state index contributed by atoms with van der Waals surface area (Å²) in [5, 5.41) is 24.4. The highest BCUT2D eigenvalue weighted by atomic mass is 32.1. The number of nitrogens with one attached hydrogen (secondary N) is 2. The Bertz CT molecular complexity index is 934. The highest BCUT2D eigenvalue weighted by Crippen LogP contribution is 2.34. The molecule has 2 amide bonds. The van der Waals surface area contributed by atoms with E-state index in [9.17, 15) is 9.59 Å². The third-order valence-electron chi connectivity index (χ3n) is 5.64. The second kappa shape index (κ2) is 11.2. The number of amides is 2. The van der Waals surface area contributed by atoms with E-state index < -0.39 is 0 Å². The summed E-state index contributed by atoms with van der Waals surface area (Å²) in [6.45, 7) is 5.58. The van der Waals surface area contributed by atoms with E-state index in [0.717, 1.165) is 56.7 Å². The molecular formula is C21H31N7O3S2. The van der Waals surface area contributed by atoms with Gasteiger partial charge in [-0.15, -0.1) is 15.3 Å². The van der Waals surface area contributed by atoms with Gasteiger partial charge in [-0.25, -0.2) is 0 Å². The van der Waals surface area contributed by atoms with Crippen LogP contribution in [0.5, 0.6) is 5.19 Å². The van der Waals surface area contributed by atoms with Crippen molar-refractivity contribution < 1.29 is 14.3 Å². The van der Waals surface area contributed by atoms with Crippen molar-refractivity contribution >= 4 is 49.9 Å². The topological polar surface area (TPSA) is 122 Å². The van der Waals surface area contributed by atoms with Crippen LogP contribution >= 0.6 is 22.7 Å². The van der Waals surface area contributed by atoms with Crippen molar-refractivity contribution in [1.29, 1.82) is 0 Å². The highest BCUT2D eigenvalue weighted by Gasteiger charge is 2.27. The summed E-state index contributed by atoms with van der Waals surface area (Å²) in [5.74, 6) is 1.11. The number of hydrogen-bond donors (Lipinski definition) is 2. The van der Waals surface area contributed by atoms with Crippen LogP contribution in [0.2, 0.25) is 0 Å². The Labute approximate surface area is 201 Å². The van der Waals surface area contributed by atoms with E-state index in [1.807, 2.05) is 13.8 Å². The van der Waals surface area contributed by atoms with Gasteiger partial charge in [-0.1, -0.05) is 30.3 Å². The van der Waals surface area contributed by atoms with Crippen molar-refractivity contribution in [3.63, 3.8) is 0 Å². The molecule has 0 radical (unpaired) electrons. The second-order valence-electron chi connectivity index (χ2n) is 8.46. The minimum Gasteiger partial charge on any atom is -0.465 e. The molecule has 0 atom stereocenters. The summed E-state index contributed by atoms with van der Waals surface area (Å²) in [5.41, 5.74) is 0. The number of nitrogens with zero attached hydrogens (tertiary/aromatic N) is 5. The zero-order valence-corrected chi connectivity index (χ0v) is 20.7. The minimum atomic E-state index is -0.00124. The summed E-state index contributed by atoms with van der Waals surface area (Å²) < 4.78 is 5.97. The molecule has 3 heterocycles. The lowest BCUT2D eigenvalue weighted by molar-refractivity contribution is -0.117. The van der Waals surface area contributed by atoms with Gasteiger partial charge in [0.1, 0.15) is 6.10 Å². The van der Waals surface area contributed by atoms with Gasteiger partial charge in [-0.05, 0) is 48.9 Å². The van der Waals surface area contributed by atoms with Crippen molar-refractivity contribution in [2.45, 2.75) is 71.3 Å². The zero-order valence-electron chi connectivity index (χ0n) is 19.1. The Morgan fingerprint density at radius 1 is 0.848 bits per heavy atom. The zero-order chi connectivity index (χ0) is 23.2. The first-order valence-corrected chi connectivity index (χ1v) is 13.4.